The van der Waals surface area contributed by atoms with Gasteiger partial charge in [-0.05, 0) is 31.4 Å². The van der Waals surface area contributed by atoms with Crippen LogP contribution in [0.3, 0.4) is 0 Å². The fourth-order valence-corrected chi connectivity index (χ4v) is 2.79. The zero-order valence-electron chi connectivity index (χ0n) is 13.9. The lowest BCUT2D eigenvalue weighted by Crippen LogP contribution is -2.43. The quantitative estimate of drug-likeness (QED) is 0.643. The highest BCUT2D eigenvalue weighted by atomic mass is 16.5. The molecule has 0 saturated carbocycles. The number of para-hydroxylation sites is 1. The van der Waals surface area contributed by atoms with E-state index in [1.165, 1.54) is 0 Å². The molecule has 0 unspecified atom stereocenters. The highest BCUT2D eigenvalue weighted by Crippen LogP contribution is 2.29. The molecule has 23 heavy (non-hydrogen) atoms. The summed E-state index contributed by atoms with van der Waals surface area (Å²) in [5.41, 5.74) is 1.27. The van der Waals surface area contributed by atoms with Gasteiger partial charge in [-0.15, -0.1) is 0 Å². The SMILES string of the molecule is CCCCNc1ccccc1C(=O)NCC1(CO)CCOCC1. The molecule has 128 valence electrons. The molecule has 1 aromatic rings. The first-order valence-electron chi connectivity index (χ1n) is 8.50. The van der Waals surface area contributed by atoms with Gasteiger partial charge in [-0.25, -0.2) is 0 Å². The predicted octanol–water partition coefficient (Wildman–Crippen LogP) is 2.42. The number of rotatable bonds is 8. The number of nitrogens with one attached hydrogen (secondary N) is 2. The van der Waals surface area contributed by atoms with Crippen molar-refractivity contribution in [3.8, 4) is 0 Å². The summed E-state index contributed by atoms with van der Waals surface area (Å²) in [7, 11) is 0. The predicted molar refractivity (Wildman–Crippen MR) is 91.7 cm³/mol. The second kappa shape index (κ2) is 8.89. The summed E-state index contributed by atoms with van der Waals surface area (Å²) in [6.07, 6.45) is 3.74. The first kappa shape index (κ1) is 17.8. The monoisotopic (exact) mass is 320 g/mol. The number of unbranched alkanes of at least 4 members (excludes halogenated alkanes) is 1. The van der Waals surface area contributed by atoms with Crippen molar-refractivity contribution in [2.24, 2.45) is 5.41 Å². The maximum absolute atomic E-state index is 12.5. The van der Waals surface area contributed by atoms with Gasteiger partial charge in [0, 0.05) is 37.4 Å². The van der Waals surface area contributed by atoms with Gasteiger partial charge in [0.2, 0.25) is 0 Å². The largest absolute Gasteiger partial charge is 0.396 e. The molecular formula is C18H28N2O3. The van der Waals surface area contributed by atoms with Crippen LogP contribution in [0.15, 0.2) is 24.3 Å². The molecule has 0 bridgehead atoms. The van der Waals surface area contributed by atoms with E-state index in [0.29, 0.717) is 25.3 Å². The second-order valence-corrected chi connectivity index (χ2v) is 6.28. The van der Waals surface area contributed by atoms with Crippen molar-refractivity contribution in [2.45, 2.75) is 32.6 Å². The van der Waals surface area contributed by atoms with Crippen molar-refractivity contribution in [1.82, 2.24) is 5.32 Å². The van der Waals surface area contributed by atoms with Gasteiger partial charge in [0.1, 0.15) is 0 Å². The number of hydrogen-bond acceptors (Lipinski definition) is 4. The zero-order chi connectivity index (χ0) is 16.5. The number of benzene rings is 1. The van der Waals surface area contributed by atoms with Crippen LogP contribution in [0.5, 0.6) is 0 Å². The lowest BCUT2D eigenvalue weighted by Gasteiger charge is -2.35. The van der Waals surface area contributed by atoms with E-state index in [9.17, 15) is 9.90 Å². The summed E-state index contributed by atoms with van der Waals surface area (Å²) in [5, 5.41) is 16.0. The molecule has 0 aliphatic carbocycles. The molecule has 1 aromatic carbocycles. The lowest BCUT2D eigenvalue weighted by atomic mass is 9.81. The fraction of sp³-hybridized carbons (Fsp3) is 0.611. The van der Waals surface area contributed by atoms with Crippen LogP contribution in [0.4, 0.5) is 5.69 Å². The zero-order valence-corrected chi connectivity index (χ0v) is 13.9. The van der Waals surface area contributed by atoms with Crippen LogP contribution >= 0.6 is 0 Å². The minimum absolute atomic E-state index is 0.0764. The van der Waals surface area contributed by atoms with E-state index in [2.05, 4.69) is 17.6 Å². The molecule has 3 N–H and O–H groups in total. The van der Waals surface area contributed by atoms with Crippen LogP contribution in [-0.2, 0) is 4.74 Å². The van der Waals surface area contributed by atoms with Crippen molar-refractivity contribution < 1.29 is 14.6 Å². The molecule has 1 aliphatic heterocycles. The van der Waals surface area contributed by atoms with Crippen LogP contribution in [0.25, 0.3) is 0 Å². The summed E-state index contributed by atoms with van der Waals surface area (Å²) < 4.78 is 5.36. The molecular weight excluding hydrogens is 292 g/mol. The maximum atomic E-state index is 12.5. The number of amides is 1. The van der Waals surface area contributed by atoms with E-state index in [1.54, 1.807) is 0 Å². The van der Waals surface area contributed by atoms with E-state index >= 15 is 0 Å². The van der Waals surface area contributed by atoms with Gasteiger partial charge in [-0.2, -0.15) is 0 Å². The highest BCUT2D eigenvalue weighted by Gasteiger charge is 2.32. The van der Waals surface area contributed by atoms with E-state index < -0.39 is 0 Å². The number of hydrogen-bond donors (Lipinski definition) is 3. The summed E-state index contributed by atoms with van der Waals surface area (Å²) in [4.78, 5) is 12.5. The molecule has 0 aromatic heterocycles. The number of aliphatic hydroxyl groups excluding tert-OH is 1. The lowest BCUT2D eigenvalue weighted by molar-refractivity contribution is -0.0146. The Morgan fingerprint density at radius 2 is 2.04 bits per heavy atom. The van der Waals surface area contributed by atoms with E-state index in [-0.39, 0.29) is 17.9 Å². The van der Waals surface area contributed by atoms with Crippen molar-refractivity contribution in [1.29, 1.82) is 0 Å². The summed E-state index contributed by atoms with van der Waals surface area (Å²) in [6.45, 7) is 4.85. The molecule has 0 spiro atoms. The van der Waals surface area contributed by atoms with Crippen molar-refractivity contribution in [2.75, 3.05) is 38.2 Å². The number of ether oxygens (including phenoxy) is 1. The van der Waals surface area contributed by atoms with Crippen LogP contribution < -0.4 is 10.6 Å². The molecule has 1 aliphatic rings. The van der Waals surface area contributed by atoms with Gasteiger partial charge >= 0.3 is 0 Å². The second-order valence-electron chi connectivity index (χ2n) is 6.28. The van der Waals surface area contributed by atoms with Gasteiger partial charge in [0.15, 0.2) is 0 Å². The Hall–Kier alpha value is -1.59. The number of aliphatic hydroxyl groups is 1. The molecule has 0 radical (unpaired) electrons. The maximum Gasteiger partial charge on any atom is 0.253 e. The van der Waals surface area contributed by atoms with Gasteiger partial charge in [0.25, 0.3) is 5.91 Å². The highest BCUT2D eigenvalue weighted by molar-refractivity contribution is 5.99. The van der Waals surface area contributed by atoms with Crippen LogP contribution in [-0.4, -0.2) is 43.9 Å². The van der Waals surface area contributed by atoms with Gasteiger partial charge in [-0.1, -0.05) is 25.5 Å². The fourth-order valence-electron chi connectivity index (χ4n) is 2.79. The summed E-state index contributed by atoms with van der Waals surface area (Å²) in [6, 6.07) is 7.56. The van der Waals surface area contributed by atoms with Crippen molar-refractivity contribution >= 4 is 11.6 Å². The number of anilines is 1. The van der Waals surface area contributed by atoms with Crippen LogP contribution in [0.2, 0.25) is 0 Å². The molecule has 1 heterocycles. The molecule has 2 rings (SSSR count). The minimum Gasteiger partial charge on any atom is -0.396 e. The third-order valence-corrected chi connectivity index (χ3v) is 4.53. The molecule has 0 atom stereocenters. The normalized spacial score (nSPS) is 16.8. The molecule has 1 fully saturated rings. The Bertz CT molecular complexity index is 499. The average Bonchev–Trinajstić information content (AvgIpc) is 2.61. The van der Waals surface area contributed by atoms with E-state index in [4.69, 9.17) is 4.74 Å². The topological polar surface area (TPSA) is 70.6 Å². The van der Waals surface area contributed by atoms with Gasteiger partial charge in [-0.3, -0.25) is 4.79 Å². The van der Waals surface area contributed by atoms with Crippen LogP contribution in [0.1, 0.15) is 43.0 Å². The Morgan fingerprint density at radius 3 is 2.74 bits per heavy atom. The number of carbonyl (C=O) groups is 1. The first-order valence-corrected chi connectivity index (χ1v) is 8.50. The molecule has 1 saturated heterocycles. The van der Waals surface area contributed by atoms with Crippen molar-refractivity contribution in [3.63, 3.8) is 0 Å². The third-order valence-electron chi connectivity index (χ3n) is 4.53. The third kappa shape index (κ3) is 4.94. The summed E-state index contributed by atoms with van der Waals surface area (Å²) >= 11 is 0. The minimum atomic E-state index is -0.251. The average molecular weight is 320 g/mol. The van der Waals surface area contributed by atoms with E-state index in [1.807, 2.05) is 24.3 Å². The Kier molecular flexibility index (Phi) is 6.86. The molecule has 5 nitrogen and oxygen atoms in total. The standard InChI is InChI=1S/C18H28N2O3/c1-2-3-10-19-16-7-5-4-6-15(16)17(22)20-13-18(14-21)8-11-23-12-9-18/h4-7,19,21H,2-3,8-14H2,1H3,(H,20,22). The number of carbonyl (C=O) groups excluding carboxylic acids is 1. The molecule has 1 amide bonds. The van der Waals surface area contributed by atoms with E-state index in [0.717, 1.165) is 37.9 Å². The van der Waals surface area contributed by atoms with Gasteiger partial charge < -0.3 is 20.5 Å². The molecule has 5 heteroatoms. The first-order chi connectivity index (χ1) is 11.2. The van der Waals surface area contributed by atoms with Gasteiger partial charge in [0.05, 0.1) is 12.2 Å². The Morgan fingerprint density at radius 1 is 1.30 bits per heavy atom. The van der Waals surface area contributed by atoms with Crippen molar-refractivity contribution in [3.05, 3.63) is 29.8 Å². The van der Waals surface area contributed by atoms with Crippen LogP contribution in [0, 0.1) is 5.41 Å². The summed E-state index contributed by atoms with van der Waals surface area (Å²) in [5.74, 6) is -0.0936. The Balaban J connectivity index is 1.97. The Labute approximate surface area is 138 Å². The smallest absolute Gasteiger partial charge is 0.253 e.